The molecule has 9 heteroatoms. The average molecular weight is 263 g/mol. The van der Waals surface area contributed by atoms with E-state index in [-0.39, 0.29) is 23.4 Å². The summed E-state index contributed by atoms with van der Waals surface area (Å²) in [6.45, 7) is 0. The van der Waals surface area contributed by atoms with Crippen LogP contribution in [-0.4, -0.2) is 39.4 Å². The number of aromatic amines is 1. The lowest BCUT2D eigenvalue weighted by atomic mass is 10.0. The Morgan fingerprint density at radius 2 is 2.17 bits per heavy atom. The zero-order valence-electron chi connectivity index (χ0n) is 8.86. The largest absolute Gasteiger partial charge is 0.480 e. The smallest absolute Gasteiger partial charge is 0.471 e. The van der Waals surface area contributed by atoms with Gasteiger partial charge in [0.2, 0.25) is 0 Å². The quantitative estimate of drug-likeness (QED) is 0.781. The van der Waals surface area contributed by atoms with Crippen molar-refractivity contribution < 1.29 is 27.9 Å². The summed E-state index contributed by atoms with van der Waals surface area (Å²) >= 11 is 0. The zero-order chi connectivity index (χ0) is 13.5. The van der Waals surface area contributed by atoms with E-state index in [0.717, 1.165) is 6.20 Å². The number of amides is 1. The third-order valence-electron chi connectivity index (χ3n) is 2.68. The van der Waals surface area contributed by atoms with Gasteiger partial charge in [-0.15, -0.1) is 0 Å². The fourth-order valence-corrected chi connectivity index (χ4v) is 1.90. The number of halogens is 3. The summed E-state index contributed by atoms with van der Waals surface area (Å²) in [4.78, 5) is 22.5. The molecule has 0 fully saturated rings. The Bertz CT molecular complexity index is 497. The number of carboxylic acid groups (broad SMARTS) is 1. The lowest BCUT2D eigenvalue weighted by molar-refractivity contribution is -0.172. The van der Waals surface area contributed by atoms with Crippen molar-refractivity contribution >= 4 is 17.6 Å². The molecule has 0 aromatic carbocycles. The molecule has 1 amide bonds. The Morgan fingerprint density at radius 3 is 2.72 bits per heavy atom. The predicted molar refractivity (Wildman–Crippen MR) is 51.9 cm³/mol. The molecule has 0 saturated heterocycles. The number of nitrogens with zero attached hydrogens (tertiary/aromatic N) is 2. The number of anilines is 1. The summed E-state index contributed by atoms with van der Waals surface area (Å²) in [7, 11) is 0. The molecule has 6 nitrogen and oxygen atoms in total. The first-order chi connectivity index (χ1) is 8.32. The van der Waals surface area contributed by atoms with Gasteiger partial charge in [-0.1, -0.05) is 0 Å². The van der Waals surface area contributed by atoms with E-state index in [4.69, 9.17) is 5.11 Å². The topological polar surface area (TPSA) is 86.3 Å². The molecule has 1 aromatic heterocycles. The Balaban J connectivity index is 2.45. The molecule has 0 saturated carbocycles. The first-order valence-corrected chi connectivity index (χ1v) is 4.98. The van der Waals surface area contributed by atoms with E-state index in [2.05, 4.69) is 10.2 Å². The summed E-state index contributed by atoms with van der Waals surface area (Å²) in [5, 5.41) is 14.9. The van der Waals surface area contributed by atoms with Gasteiger partial charge in [-0.2, -0.15) is 18.3 Å². The molecule has 0 radical (unpaired) electrons. The molecule has 2 heterocycles. The van der Waals surface area contributed by atoms with Crippen molar-refractivity contribution in [1.82, 2.24) is 10.2 Å². The predicted octanol–water partition coefficient (Wildman–Crippen LogP) is 0.704. The van der Waals surface area contributed by atoms with E-state index in [9.17, 15) is 22.8 Å². The number of hydrogen-bond acceptors (Lipinski definition) is 3. The van der Waals surface area contributed by atoms with Crippen LogP contribution in [0.15, 0.2) is 6.20 Å². The normalized spacial score (nSPS) is 19.5. The van der Waals surface area contributed by atoms with Crippen LogP contribution in [0.4, 0.5) is 18.9 Å². The summed E-state index contributed by atoms with van der Waals surface area (Å²) < 4.78 is 37.4. The van der Waals surface area contributed by atoms with E-state index in [1.54, 1.807) is 0 Å². The van der Waals surface area contributed by atoms with Crippen LogP contribution in [0, 0.1) is 0 Å². The lowest BCUT2D eigenvalue weighted by Crippen LogP contribution is -2.52. The zero-order valence-corrected chi connectivity index (χ0v) is 8.86. The summed E-state index contributed by atoms with van der Waals surface area (Å²) in [5.41, 5.74) is 0.195. The highest BCUT2D eigenvalue weighted by Gasteiger charge is 2.49. The number of alkyl halides is 3. The monoisotopic (exact) mass is 263 g/mol. The van der Waals surface area contributed by atoms with Crippen molar-refractivity contribution in [3.63, 3.8) is 0 Å². The number of carbonyl (C=O) groups is 2. The number of carboxylic acids is 1. The maximum Gasteiger partial charge on any atom is 0.471 e. The number of fused-ring (bicyclic) bond motifs is 1. The second kappa shape index (κ2) is 4.00. The number of aliphatic carboxylic acids is 1. The van der Waals surface area contributed by atoms with E-state index in [0.29, 0.717) is 5.69 Å². The van der Waals surface area contributed by atoms with Crippen LogP contribution in [0.1, 0.15) is 12.1 Å². The van der Waals surface area contributed by atoms with Crippen molar-refractivity contribution in [2.24, 2.45) is 0 Å². The Hall–Kier alpha value is -2.06. The highest BCUT2D eigenvalue weighted by Crippen LogP contribution is 2.33. The molecule has 0 aliphatic carbocycles. The Morgan fingerprint density at radius 1 is 1.50 bits per heavy atom. The third-order valence-corrected chi connectivity index (χ3v) is 2.68. The molecule has 0 spiro atoms. The van der Waals surface area contributed by atoms with Gasteiger partial charge in [0.15, 0.2) is 0 Å². The maximum atomic E-state index is 12.5. The van der Waals surface area contributed by atoms with Gasteiger partial charge in [-0.3, -0.25) is 14.8 Å². The molecule has 98 valence electrons. The van der Waals surface area contributed by atoms with E-state index in [1.165, 1.54) is 0 Å². The number of carbonyl (C=O) groups excluding carboxylic acids is 1. The van der Waals surface area contributed by atoms with Crippen molar-refractivity contribution in [3.8, 4) is 0 Å². The van der Waals surface area contributed by atoms with Gasteiger partial charge in [0.25, 0.3) is 0 Å². The van der Waals surface area contributed by atoms with Crippen LogP contribution < -0.4 is 4.90 Å². The molecule has 1 aliphatic heterocycles. The number of hydrogen-bond donors (Lipinski definition) is 2. The summed E-state index contributed by atoms with van der Waals surface area (Å²) in [5.74, 6) is -3.67. The second-order valence-electron chi connectivity index (χ2n) is 3.80. The van der Waals surface area contributed by atoms with Crippen LogP contribution in [0.5, 0.6) is 0 Å². The van der Waals surface area contributed by atoms with Gasteiger partial charge in [0, 0.05) is 0 Å². The van der Waals surface area contributed by atoms with Crippen molar-refractivity contribution in [1.29, 1.82) is 0 Å². The highest BCUT2D eigenvalue weighted by molar-refractivity contribution is 6.02. The van der Waals surface area contributed by atoms with Crippen LogP contribution in [0.3, 0.4) is 0 Å². The summed E-state index contributed by atoms with van der Waals surface area (Å²) in [6.07, 6.45) is -3.96. The molecule has 1 aromatic rings. The maximum absolute atomic E-state index is 12.5. The molecule has 1 unspecified atom stereocenters. The lowest BCUT2D eigenvalue weighted by Gasteiger charge is -2.32. The van der Waals surface area contributed by atoms with Crippen molar-refractivity contribution in [2.45, 2.75) is 25.1 Å². The van der Waals surface area contributed by atoms with E-state index in [1.807, 2.05) is 0 Å². The summed E-state index contributed by atoms with van der Waals surface area (Å²) in [6, 6.07) is -1.52. The van der Waals surface area contributed by atoms with Crippen LogP contribution in [-0.2, 0) is 16.0 Å². The number of H-pyrrole nitrogens is 1. The highest BCUT2D eigenvalue weighted by atomic mass is 19.4. The van der Waals surface area contributed by atoms with Gasteiger partial charge >= 0.3 is 18.1 Å². The molecule has 1 atom stereocenters. The van der Waals surface area contributed by atoms with Gasteiger partial charge in [0.1, 0.15) is 6.04 Å². The fourth-order valence-electron chi connectivity index (χ4n) is 1.90. The standard InChI is InChI=1S/C9H8F3N3O3/c10-9(11,12)8(18)15-5(7(16)17)2-1-4-6(15)3-13-14-4/h3,5H,1-2H2,(H,13,14)(H,16,17). The molecule has 2 N–H and O–H groups in total. The third kappa shape index (κ3) is 1.91. The number of nitrogens with one attached hydrogen (secondary N) is 1. The van der Waals surface area contributed by atoms with Gasteiger partial charge in [-0.25, -0.2) is 4.79 Å². The van der Waals surface area contributed by atoms with Gasteiger partial charge < -0.3 is 5.11 Å². The number of rotatable bonds is 1. The van der Waals surface area contributed by atoms with Crippen LogP contribution >= 0.6 is 0 Å². The Kier molecular flexibility index (Phi) is 2.76. The van der Waals surface area contributed by atoms with E-state index >= 15 is 0 Å². The Labute approximate surface area is 98.4 Å². The minimum atomic E-state index is -5.13. The first-order valence-electron chi connectivity index (χ1n) is 4.98. The number of aryl methyl sites for hydroxylation is 1. The first kappa shape index (κ1) is 12.4. The molecule has 0 bridgehead atoms. The molecular formula is C9H8F3N3O3. The number of aromatic nitrogens is 2. The van der Waals surface area contributed by atoms with Crippen LogP contribution in [0.25, 0.3) is 0 Å². The molecular weight excluding hydrogens is 255 g/mol. The minimum absolute atomic E-state index is 0.0909. The molecule has 1 aliphatic rings. The average Bonchev–Trinajstić information content (AvgIpc) is 2.72. The minimum Gasteiger partial charge on any atom is -0.480 e. The van der Waals surface area contributed by atoms with Gasteiger partial charge in [-0.05, 0) is 12.8 Å². The van der Waals surface area contributed by atoms with Gasteiger partial charge in [0.05, 0.1) is 17.6 Å². The van der Waals surface area contributed by atoms with E-state index < -0.39 is 24.1 Å². The van der Waals surface area contributed by atoms with Crippen molar-refractivity contribution in [2.75, 3.05) is 4.90 Å². The van der Waals surface area contributed by atoms with Crippen LogP contribution in [0.2, 0.25) is 0 Å². The fraction of sp³-hybridized carbons (Fsp3) is 0.444. The molecule has 2 rings (SSSR count). The SMILES string of the molecule is O=C(O)C1CCc2[nH]ncc2N1C(=O)C(F)(F)F. The molecule has 18 heavy (non-hydrogen) atoms. The second-order valence-corrected chi connectivity index (χ2v) is 3.80. The van der Waals surface area contributed by atoms with Crippen molar-refractivity contribution in [3.05, 3.63) is 11.9 Å².